The minimum atomic E-state index is -0.685. The summed E-state index contributed by atoms with van der Waals surface area (Å²) in [6, 6.07) is 2.36. The molecule has 19 heavy (non-hydrogen) atoms. The van der Waals surface area contributed by atoms with Crippen LogP contribution in [0.25, 0.3) is 21.7 Å². The van der Waals surface area contributed by atoms with Crippen molar-refractivity contribution in [3.05, 3.63) is 44.6 Å². The van der Waals surface area contributed by atoms with Gasteiger partial charge in [0.05, 0.1) is 23.6 Å². The first-order valence-electron chi connectivity index (χ1n) is 5.41. The van der Waals surface area contributed by atoms with Crippen molar-refractivity contribution in [1.29, 1.82) is 0 Å². The first-order valence-corrected chi connectivity index (χ1v) is 6.36. The molecule has 2 aromatic heterocycles. The van der Waals surface area contributed by atoms with Gasteiger partial charge in [-0.25, -0.2) is 9.18 Å². The van der Waals surface area contributed by atoms with Gasteiger partial charge in [0.15, 0.2) is 0 Å². The van der Waals surface area contributed by atoms with Gasteiger partial charge in [-0.15, -0.1) is 0 Å². The molecule has 4 nitrogen and oxygen atoms in total. The van der Waals surface area contributed by atoms with Gasteiger partial charge >= 0.3 is 5.97 Å². The third-order valence-corrected chi connectivity index (χ3v) is 3.69. The lowest BCUT2D eigenvalue weighted by molar-refractivity contribution is 0.0602. The van der Waals surface area contributed by atoms with Crippen LogP contribution in [0.5, 0.6) is 0 Å². The fraction of sp³-hybridized carbons (Fsp3) is 0.0769. The second kappa shape index (κ2) is 4.17. The van der Waals surface area contributed by atoms with E-state index in [1.807, 2.05) is 0 Å². The molecule has 0 aliphatic heterocycles. The molecule has 1 N–H and O–H groups in total. The monoisotopic (exact) mass is 277 g/mol. The molecule has 6 heteroatoms. The molecular weight excluding hydrogens is 269 g/mol. The van der Waals surface area contributed by atoms with Crippen molar-refractivity contribution in [3.63, 3.8) is 0 Å². The molecule has 96 valence electrons. The molecule has 0 aliphatic rings. The van der Waals surface area contributed by atoms with Gasteiger partial charge in [-0.05, 0) is 17.5 Å². The minimum absolute atomic E-state index is 0.0164. The number of fused-ring (bicyclic) bond motifs is 3. The maximum atomic E-state index is 13.6. The van der Waals surface area contributed by atoms with E-state index in [0.717, 1.165) is 6.07 Å². The second-order valence-corrected chi connectivity index (χ2v) is 4.76. The molecule has 0 spiro atoms. The van der Waals surface area contributed by atoms with Crippen LogP contribution in [0.1, 0.15) is 10.4 Å². The van der Waals surface area contributed by atoms with Crippen molar-refractivity contribution >= 4 is 39.0 Å². The fourth-order valence-corrected chi connectivity index (χ4v) is 2.92. The van der Waals surface area contributed by atoms with Crippen molar-refractivity contribution in [1.82, 2.24) is 4.98 Å². The molecule has 0 radical (unpaired) electrons. The summed E-state index contributed by atoms with van der Waals surface area (Å²) in [6.45, 7) is 0. The summed E-state index contributed by atoms with van der Waals surface area (Å²) in [7, 11) is 1.21. The number of pyridine rings is 1. The molecule has 3 aromatic rings. The molecule has 0 saturated carbocycles. The van der Waals surface area contributed by atoms with E-state index >= 15 is 0 Å². The van der Waals surface area contributed by atoms with E-state index in [9.17, 15) is 14.0 Å². The van der Waals surface area contributed by atoms with Gasteiger partial charge in [0.2, 0.25) is 0 Å². The summed E-state index contributed by atoms with van der Waals surface area (Å²) >= 11 is 1.35. The van der Waals surface area contributed by atoms with Gasteiger partial charge in [0, 0.05) is 16.2 Å². The average molecular weight is 277 g/mol. The number of carbonyl (C=O) groups is 1. The Kier molecular flexibility index (Phi) is 2.60. The minimum Gasteiger partial charge on any atom is -0.465 e. The maximum absolute atomic E-state index is 13.6. The maximum Gasteiger partial charge on any atom is 0.340 e. The fourth-order valence-electron chi connectivity index (χ4n) is 2.09. The zero-order chi connectivity index (χ0) is 13.6. The molecule has 0 aliphatic carbocycles. The number of benzene rings is 1. The Hall–Kier alpha value is -2.21. The van der Waals surface area contributed by atoms with Gasteiger partial charge in [-0.2, -0.15) is 11.3 Å². The molecule has 0 amide bonds. The van der Waals surface area contributed by atoms with Crippen molar-refractivity contribution < 1.29 is 13.9 Å². The Morgan fingerprint density at radius 2 is 2.00 bits per heavy atom. The lowest BCUT2D eigenvalue weighted by Crippen LogP contribution is -2.10. The highest BCUT2D eigenvalue weighted by molar-refractivity contribution is 7.09. The van der Waals surface area contributed by atoms with E-state index in [1.54, 1.807) is 10.8 Å². The lowest BCUT2D eigenvalue weighted by Gasteiger charge is -2.06. The summed E-state index contributed by atoms with van der Waals surface area (Å²) in [5.41, 5.74) is 0.00682. The lowest BCUT2D eigenvalue weighted by atomic mass is 10.1. The van der Waals surface area contributed by atoms with Crippen molar-refractivity contribution in [2.24, 2.45) is 0 Å². The molecule has 0 saturated heterocycles. The van der Waals surface area contributed by atoms with E-state index < -0.39 is 11.8 Å². The van der Waals surface area contributed by atoms with E-state index in [1.165, 1.54) is 24.5 Å². The summed E-state index contributed by atoms with van der Waals surface area (Å²) in [4.78, 5) is 26.2. The number of H-pyrrole nitrogens is 1. The highest BCUT2D eigenvalue weighted by Gasteiger charge is 2.16. The molecule has 0 bridgehead atoms. The zero-order valence-electron chi connectivity index (χ0n) is 9.82. The average Bonchev–Trinajstić information content (AvgIpc) is 2.88. The number of methoxy groups -OCH3 is 1. The standard InChI is InChI=1S/C13H8FNO3S/c1-18-13(17)8-3-6(14)2-7-9-4-19-5-10(9)12(16)15-11(7)8/h2-5H,1H3,(H,15,16). The largest absolute Gasteiger partial charge is 0.465 e. The van der Waals surface area contributed by atoms with Crippen LogP contribution >= 0.6 is 11.3 Å². The third-order valence-electron chi connectivity index (χ3n) is 2.94. The molecule has 0 unspecified atom stereocenters. The predicted octanol–water partition coefficient (Wildman–Crippen LogP) is 2.67. The normalized spacial score (nSPS) is 11.1. The number of hydrogen-bond donors (Lipinski definition) is 1. The van der Waals surface area contributed by atoms with E-state index in [-0.39, 0.29) is 11.1 Å². The first-order chi connectivity index (χ1) is 9.11. The molecule has 3 rings (SSSR count). The van der Waals surface area contributed by atoms with Crippen LogP contribution in [-0.2, 0) is 4.74 Å². The Morgan fingerprint density at radius 1 is 1.26 bits per heavy atom. The number of aromatic amines is 1. The number of rotatable bonds is 1. The summed E-state index contributed by atoms with van der Waals surface area (Å²) < 4.78 is 18.2. The highest BCUT2D eigenvalue weighted by atomic mass is 32.1. The SMILES string of the molecule is COC(=O)c1cc(F)cc2c1[nH]c(=O)c1cscc12. The quantitative estimate of drug-likeness (QED) is 0.696. The van der Waals surface area contributed by atoms with Crippen molar-refractivity contribution in [2.45, 2.75) is 0 Å². The summed E-state index contributed by atoms with van der Waals surface area (Å²) in [6.07, 6.45) is 0. The van der Waals surface area contributed by atoms with E-state index in [2.05, 4.69) is 9.72 Å². The third kappa shape index (κ3) is 1.72. The Bertz CT molecular complexity index is 865. The number of ether oxygens (including phenoxy) is 1. The van der Waals surface area contributed by atoms with E-state index in [0.29, 0.717) is 21.7 Å². The topological polar surface area (TPSA) is 59.2 Å². The van der Waals surface area contributed by atoms with E-state index in [4.69, 9.17) is 0 Å². The van der Waals surface area contributed by atoms with Crippen LogP contribution < -0.4 is 5.56 Å². The molecule has 0 fully saturated rings. The zero-order valence-corrected chi connectivity index (χ0v) is 10.6. The second-order valence-electron chi connectivity index (χ2n) is 4.02. The van der Waals surface area contributed by atoms with Crippen LogP contribution in [-0.4, -0.2) is 18.1 Å². The Morgan fingerprint density at radius 3 is 2.74 bits per heavy atom. The van der Waals surface area contributed by atoms with Crippen LogP contribution in [0.2, 0.25) is 0 Å². The van der Waals surface area contributed by atoms with Crippen LogP contribution in [0, 0.1) is 5.82 Å². The number of thiophene rings is 1. The van der Waals surface area contributed by atoms with Gasteiger partial charge < -0.3 is 9.72 Å². The molecule has 2 heterocycles. The summed E-state index contributed by atoms with van der Waals surface area (Å²) in [5.74, 6) is -1.23. The number of nitrogens with one attached hydrogen (secondary N) is 1. The van der Waals surface area contributed by atoms with Crippen LogP contribution in [0.4, 0.5) is 4.39 Å². The Labute approximate surface area is 110 Å². The molecule has 0 atom stereocenters. The van der Waals surface area contributed by atoms with Crippen LogP contribution in [0.15, 0.2) is 27.7 Å². The number of carbonyl (C=O) groups excluding carboxylic acids is 1. The predicted molar refractivity (Wildman–Crippen MR) is 71.2 cm³/mol. The summed E-state index contributed by atoms with van der Waals surface area (Å²) in [5, 5.41) is 5.06. The van der Waals surface area contributed by atoms with Gasteiger partial charge in [0.1, 0.15) is 5.82 Å². The number of aromatic nitrogens is 1. The molecule has 1 aromatic carbocycles. The van der Waals surface area contributed by atoms with Gasteiger partial charge in [-0.3, -0.25) is 4.79 Å². The highest BCUT2D eigenvalue weighted by Crippen LogP contribution is 2.27. The van der Waals surface area contributed by atoms with Gasteiger partial charge in [-0.1, -0.05) is 0 Å². The van der Waals surface area contributed by atoms with Gasteiger partial charge in [0.25, 0.3) is 5.56 Å². The molecular formula is C13H8FNO3S. The number of hydrogen-bond acceptors (Lipinski definition) is 4. The Balaban J connectivity index is 2.55. The number of esters is 1. The van der Waals surface area contributed by atoms with Crippen LogP contribution in [0.3, 0.4) is 0 Å². The smallest absolute Gasteiger partial charge is 0.340 e. The first kappa shape index (κ1) is 11.9. The van der Waals surface area contributed by atoms with Crippen molar-refractivity contribution in [2.75, 3.05) is 7.11 Å². The van der Waals surface area contributed by atoms with Crippen molar-refractivity contribution in [3.8, 4) is 0 Å². The number of halogens is 1.